The molecule has 0 radical (unpaired) electrons. The molecule has 0 aromatic heterocycles. The number of nitrogens with zero attached hydrogens (tertiary/aromatic N) is 1. The van der Waals surface area contributed by atoms with Crippen LogP contribution in [-0.2, 0) is 11.3 Å². The van der Waals surface area contributed by atoms with Gasteiger partial charge < -0.3 is 15.4 Å². The van der Waals surface area contributed by atoms with Crippen LogP contribution in [0.4, 0.5) is 16.2 Å². The van der Waals surface area contributed by atoms with E-state index < -0.39 is 6.09 Å². The predicted octanol–water partition coefficient (Wildman–Crippen LogP) is 4.08. The third-order valence-electron chi connectivity index (χ3n) is 4.77. The highest BCUT2D eigenvalue weighted by Crippen LogP contribution is 2.30. The van der Waals surface area contributed by atoms with Gasteiger partial charge in [-0.2, -0.15) is 0 Å². The van der Waals surface area contributed by atoms with E-state index in [1.165, 1.54) is 0 Å². The number of amides is 1. The van der Waals surface area contributed by atoms with Crippen molar-refractivity contribution in [3.8, 4) is 0 Å². The standard InChI is InChI=1S/C20H23N3O4/c1-13-9-19(23(25)26)14(2)8-18(13)21-16-10-17(11-16)22-20(24)27-12-15-6-4-3-5-7-15/h3-9,16-17,21H,10-12H2,1-2H3,(H,22,24). The van der Waals surface area contributed by atoms with E-state index in [1.807, 2.05) is 43.3 Å². The molecule has 0 bridgehead atoms. The van der Waals surface area contributed by atoms with Gasteiger partial charge in [0.25, 0.3) is 5.69 Å². The second-order valence-corrected chi connectivity index (χ2v) is 6.93. The molecule has 3 rings (SSSR count). The summed E-state index contributed by atoms with van der Waals surface area (Å²) in [4.78, 5) is 22.5. The Morgan fingerprint density at radius 2 is 1.85 bits per heavy atom. The van der Waals surface area contributed by atoms with E-state index in [-0.39, 0.29) is 29.3 Å². The number of nitro benzene ring substituents is 1. The molecule has 0 aliphatic heterocycles. The highest BCUT2D eigenvalue weighted by atomic mass is 16.6. The summed E-state index contributed by atoms with van der Waals surface area (Å²) in [6.07, 6.45) is 1.16. The minimum Gasteiger partial charge on any atom is -0.445 e. The van der Waals surface area contributed by atoms with Crippen LogP contribution in [-0.4, -0.2) is 23.1 Å². The average molecular weight is 369 g/mol. The number of carbonyl (C=O) groups is 1. The maximum atomic E-state index is 11.9. The van der Waals surface area contributed by atoms with Gasteiger partial charge in [0.1, 0.15) is 6.61 Å². The highest BCUT2D eigenvalue weighted by molar-refractivity contribution is 5.68. The zero-order valence-electron chi connectivity index (χ0n) is 15.4. The fourth-order valence-corrected chi connectivity index (χ4v) is 3.16. The van der Waals surface area contributed by atoms with Crippen LogP contribution in [0.3, 0.4) is 0 Å². The van der Waals surface area contributed by atoms with Crippen molar-refractivity contribution in [1.82, 2.24) is 5.32 Å². The van der Waals surface area contributed by atoms with Crippen LogP contribution in [0.1, 0.15) is 29.5 Å². The first-order chi connectivity index (χ1) is 12.9. The van der Waals surface area contributed by atoms with E-state index in [4.69, 9.17) is 4.74 Å². The molecule has 7 heteroatoms. The van der Waals surface area contributed by atoms with Gasteiger partial charge in [-0.05, 0) is 43.9 Å². The first kappa shape index (κ1) is 18.7. The van der Waals surface area contributed by atoms with Crippen molar-refractivity contribution in [2.75, 3.05) is 5.32 Å². The summed E-state index contributed by atoms with van der Waals surface area (Å²) >= 11 is 0. The molecule has 1 aliphatic carbocycles. The molecule has 2 aromatic rings. The van der Waals surface area contributed by atoms with Gasteiger partial charge in [0.15, 0.2) is 0 Å². The van der Waals surface area contributed by atoms with E-state index in [1.54, 1.807) is 13.0 Å². The Morgan fingerprint density at radius 1 is 1.15 bits per heavy atom. The summed E-state index contributed by atoms with van der Waals surface area (Å²) in [6, 6.07) is 13.2. The average Bonchev–Trinajstić information content (AvgIpc) is 2.61. The number of ether oxygens (including phenoxy) is 1. The lowest BCUT2D eigenvalue weighted by Crippen LogP contribution is -2.49. The molecule has 0 unspecified atom stereocenters. The summed E-state index contributed by atoms with van der Waals surface area (Å²) in [6.45, 7) is 3.84. The van der Waals surface area contributed by atoms with Crippen LogP contribution < -0.4 is 10.6 Å². The molecule has 0 spiro atoms. The zero-order valence-corrected chi connectivity index (χ0v) is 15.4. The molecule has 142 valence electrons. The van der Waals surface area contributed by atoms with Crippen LogP contribution in [0.25, 0.3) is 0 Å². The molecule has 2 N–H and O–H groups in total. The van der Waals surface area contributed by atoms with Crippen LogP contribution in [0.2, 0.25) is 0 Å². The molecular formula is C20H23N3O4. The molecule has 0 heterocycles. The van der Waals surface area contributed by atoms with E-state index in [9.17, 15) is 14.9 Å². The number of hydrogen-bond acceptors (Lipinski definition) is 5. The van der Waals surface area contributed by atoms with Crippen molar-refractivity contribution in [3.63, 3.8) is 0 Å². The lowest BCUT2D eigenvalue weighted by Gasteiger charge is -2.37. The third kappa shape index (κ3) is 4.75. The Bertz CT molecular complexity index is 833. The van der Waals surface area contributed by atoms with Crippen molar-refractivity contribution in [2.24, 2.45) is 0 Å². The maximum absolute atomic E-state index is 11.9. The molecule has 1 aliphatic rings. The lowest BCUT2D eigenvalue weighted by atomic mass is 9.86. The fourth-order valence-electron chi connectivity index (χ4n) is 3.16. The summed E-state index contributed by atoms with van der Waals surface area (Å²) < 4.78 is 5.22. The van der Waals surface area contributed by atoms with Gasteiger partial charge in [-0.3, -0.25) is 10.1 Å². The third-order valence-corrected chi connectivity index (χ3v) is 4.77. The summed E-state index contributed by atoms with van der Waals surface area (Å²) in [7, 11) is 0. The number of nitro groups is 1. The van der Waals surface area contributed by atoms with Crippen molar-refractivity contribution in [1.29, 1.82) is 0 Å². The minimum atomic E-state index is -0.412. The zero-order chi connectivity index (χ0) is 19.4. The number of hydrogen-bond donors (Lipinski definition) is 2. The summed E-state index contributed by atoms with van der Waals surface area (Å²) in [5.74, 6) is 0. The van der Waals surface area contributed by atoms with Crippen LogP contribution in [0.5, 0.6) is 0 Å². The summed E-state index contributed by atoms with van der Waals surface area (Å²) in [5.41, 5.74) is 3.45. The van der Waals surface area contributed by atoms with Gasteiger partial charge in [-0.25, -0.2) is 4.79 Å². The SMILES string of the molecule is Cc1cc([N+](=O)[O-])c(C)cc1NC1CC(NC(=O)OCc2ccccc2)C1. The van der Waals surface area contributed by atoms with Crippen LogP contribution in [0.15, 0.2) is 42.5 Å². The van der Waals surface area contributed by atoms with Gasteiger partial charge in [0.05, 0.1) is 4.92 Å². The van der Waals surface area contributed by atoms with E-state index in [0.29, 0.717) is 5.56 Å². The molecule has 1 amide bonds. The molecule has 1 fully saturated rings. The predicted molar refractivity (Wildman–Crippen MR) is 103 cm³/mol. The van der Waals surface area contributed by atoms with E-state index >= 15 is 0 Å². The Balaban J connectivity index is 1.44. The molecule has 7 nitrogen and oxygen atoms in total. The second-order valence-electron chi connectivity index (χ2n) is 6.93. The van der Waals surface area contributed by atoms with Gasteiger partial charge in [-0.15, -0.1) is 0 Å². The number of rotatable bonds is 6. The maximum Gasteiger partial charge on any atom is 0.407 e. The molecule has 1 saturated carbocycles. The van der Waals surface area contributed by atoms with Gasteiger partial charge in [-0.1, -0.05) is 30.3 Å². The van der Waals surface area contributed by atoms with Crippen LogP contribution in [0, 0.1) is 24.0 Å². The highest BCUT2D eigenvalue weighted by Gasteiger charge is 2.31. The number of anilines is 1. The number of aryl methyl sites for hydroxylation is 2. The van der Waals surface area contributed by atoms with Crippen molar-refractivity contribution >= 4 is 17.5 Å². The van der Waals surface area contributed by atoms with Crippen molar-refractivity contribution < 1.29 is 14.5 Å². The molecule has 0 saturated heterocycles. The second kappa shape index (κ2) is 8.07. The number of nitrogens with one attached hydrogen (secondary N) is 2. The van der Waals surface area contributed by atoms with Crippen LogP contribution >= 0.6 is 0 Å². The first-order valence-corrected chi connectivity index (χ1v) is 8.91. The molecule has 2 aromatic carbocycles. The molecule has 27 heavy (non-hydrogen) atoms. The molecule has 0 atom stereocenters. The number of benzene rings is 2. The van der Waals surface area contributed by atoms with E-state index in [2.05, 4.69) is 10.6 Å². The smallest absolute Gasteiger partial charge is 0.407 e. The number of carbonyl (C=O) groups excluding carboxylic acids is 1. The Labute approximate surface area is 157 Å². The topological polar surface area (TPSA) is 93.5 Å². The summed E-state index contributed by atoms with van der Waals surface area (Å²) in [5, 5.41) is 17.3. The van der Waals surface area contributed by atoms with E-state index in [0.717, 1.165) is 29.7 Å². The Kier molecular flexibility index (Phi) is 5.59. The Hall–Kier alpha value is -3.09. The lowest BCUT2D eigenvalue weighted by molar-refractivity contribution is -0.385. The fraction of sp³-hybridized carbons (Fsp3) is 0.350. The molecular weight excluding hydrogens is 346 g/mol. The van der Waals surface area contributed by atoms with Gasteiger partial charge >= 0.3 is 6.09 Å². The normalized spacial score (nSPS) is 18.3. The largest absolute Gasteiger partial charge is 0.445 e. The minimum absolute atomic E-state index is 0.0743. The monoisotopic (exact) mass is 369 g/mol. The Morgan fingerprint density at radius 3 is 2.52 bits per heavy atom. The quantitative estimate of drug-likeness (QED) is 0.591. The van der Waals surface area contributed by atoms with Crippen molar-refractivity contribution in [2.45, 2.75) is 45.4 Å². The first-order valence-electron chi connectivity index (χ1n) is 8.91. The van der Waals surface area contributed by atoms with Crippen molar-refractivity contribution in [3.05, 3.63) is 69.3 Å². The van der Waals surface area contributed by atoms with Gasteiger partial charge in [0, 0.05) is 29.4 Å². The number of alkyl carbamates (subject to hydrolysis) is 1. The van der Waals surface area contributed by atoms with Gasteiger partial charge in [0.2, 0.25) is 0 Å².